The van der Waals surface area contributed by atoms with Crippen LogP contribution in [0.4, 0.5) is 21.4 Å². The summed E-state index contributed by atoms with van der Waals surface area (Å²) in [6, 6.07) is 4.03. The normalized spacial score (nSPS) is 13.6. The van der Waals surface area contributed by atoms with Gasteiger partial charge < -0.3 is 22.1 Å². The minimum atomic E-state index is 0.822. The molecule has 3 aromatic rings. The van der Waals surface area contributed by atoms with Gasteiger partial charge in [0.25, 0.3) is 0 Å². The lowest BCUT2D eigenvalue weighted by molar-refractivity contribution is 1.52. The fraction of sp³-hybridized carbons (Fsp3) is 0. The Morgan fingerprint density at radius 1 is 0.778 bits per heavy atom. The highest BCUT2D eigenvalue weighted by molar-refractivity contribution is 7.30. The largest absolute Gasteiger partial charge is 0.391 e. The van der Waals surface area contributed by atoms with Crippen molar-refractivity contribution in [1.29, 1.82) is 0 Å². The molecule has 90 valence electrons. The maximum Gasteiger partial charge on any atom is 0.0870 e. The molecule has 18 heavy (non-hydrogen) atoms. The van der Waals surface area contributed by atoms with Crippen LogP contribution in [0.3, 0.4) is 0 Å². The highest BCUT2D eigenvalue weighted by atomic mass is 32.1. The van der Waals surface area contributed by atoms with Crippen molar-refractivity contribution in [3.63, 3.8) is 0 Å². The van der Waals surface area contributed by atoms with Crippen LogP contribution in [0, 0.1) is 0 Å². The van der Waals surface area contributed by atoms with Crippen LogP contribution in [0.2, 0.25) is 0 Å². The third-order valence-corrected chi connectivity index (χ3v) is 5.13. The molecule has 0 saturated heterocycles. The highest BCUT2D eigenvalue weighted by Gasteiger charge is 2.18. The first kappa shape index (κ1) is 10.0. The Morgan fingerprint density at radius 2 is 1.22 bits per heavy atom. The zero-order valence-corrected chi connectivity index (χ0v) is 10.9. The van der Waals surface area contributed by atoms with Gasteiger partial charge in [0.1, 0.15) is 0 Å². The van der Waals surface area contributed by atoms with Crippen LogP contribution in [0.1, 0.15) is 0 Å². The molecule has 1 aliphatic heterocycles. The van der Waals surface area contributed by atoms with Crippen molar-refractivity contribution < 1.29 is 0 Å². The number of nitrogens with one attached hydrogen (secondary N) is 2. The van der Waals surface area contributed by atoms with Gasteiger partial charge in [0.15, 0.2) is 0 Å². The van der Waals surface area contributed by atoms with Crippen molar-refractivity contribution in [3.8, 4) is 0 Å². The van der Waals surface area contributed by atoms with Crippen LogP contribution in [0.15, 0.2) is 24.5 Å². The SMILES string of the molecule is Nc1cc2c3c(c4cc(N)sc4c2s1)NC=CN3. The number of nitrogens with two attached hydrogens (primary N) is 2. The molecule has 4 nitrogen and oxygen atoms in total. The maximum absolute atomic E-state index is 5.95. The van der Waals surface area contributed by atoms with Crippen molar-refractivity contribution in [2.45, 2.75) is 0 Å². The van der Waals surface area contributed by atoms with Crippen molar-refractivity contribution in [2.24, 2.45) is 0 Å². The topological polar surface area (TPSA) is 76.1 Å². The lowest BCUT2D eigenvalue weighted by Crippen LogP contribution is -2.02. The monoisotopic (exact) mass is 274 g/mol. The summed E-state index contributed by atoms with van der Waals surface area (Å²) in [5, 5.41) is 10.5. The second kappa shape index (κ2) is 3.30. The summed E-state index contributed by atoms with van der Waals surface area (Å²) in [6.07, 6.45) is 3.77. The standard InChI is InChI=1S/C12H10N4S2/c13-7-3-5-9-10(16-2-1-15-9)6-4-8(14)18-12(6)11(5)17-7/h1-4,15-16H,13-14H2. The van der Waals surface area contributed by atoms with Crippen LogP contribution in [-0.4, -0.2) is 0 Å². The van der Waals surface area contributed by atoms with E-state index in [-0.39, 0.29) is 0 Å². The number of thiophene rings is 2. The van der Waals surface area contributed by atoms with Gasteiger partial charge in [0.05, 0.1) is 30.8 Å². The number of benzene rings is 1. The number of anilines is 4. The van der Waals surface area contributed by atoms with E-state index in [4.69, 9.17) is 11.5 Å². The fourth-order valence-corrected chi connectivity index (χ4v) is 4.37. The van der Waals surface area contributed by atoms with Gasteiger partial charge in [0, 0.05) is 23.2 Å². The van der Waals surface area contributed by atoms with E-state index in [2.05, 4.69) is 10.6 Å². The summed E-state index contributed by atoms with van der Waals surface area (Å²) < 4.78 is 2.40. The summed E-state index contributed by atoms with van der Waals surface area (Å²) in [5.74, 6) is 0. The minimum Gasteiger partial charge on any atom is -0.391 e. The number of rotatable bonds is 0. The van der Waals surface area contributed by atoms with Gasteiger partial charge in [-0.3, -0.25) is 0 Å². The average molecular weight is 274 g/mol. The summed E-state index contributed by atoms with van der Waals surface area (Å²) in [6.45, 7) is 0. The van der Waals surface area contributed by atoms with Crippen molar-refractivity contribution in [1.82, 2.24) is 0 Å². The van der Waals surface area contributed by atoms with Crippen LogP contribution < -0.4 is 22.1 Å². The first-order valence-corrected chi connectivity index (χ1v) is 7.09. The second-order valence-corrected chi connectivity index (χ2v) is 6.32. The van der Waals surface area contributed by atoms with Crippen LogP contribution in [-0.2, 0) is 0 Å². The van der Waals surface area contributed by atoms with Crippen LogP contribution >= 0.6 is 22.7 Å². The molecule has 0 fully saturated rings. The zero-order valence-electron chi connectivity index (χ0n) is 9.28. The molecule has 1 aromatic carbocycles. The minimum absolute atomic E-state index is 0.822. The Hall–Kier alpha value is -1.92. The lowest BCUT2D eigenvalue weighted by Gasteiger charge is -2.16. The molecule has 0 amide bonds. The fourth-order valence-electron chi connectivity index (χ4n) is 2.35. The molecule has 0 unspecified atom stereocenters. The Labute approximate surface area is 111 Å². The molecule has 0 spiro atoms. The average Bonchev–Trinajstić information content (AvgIpc) is 2.92. The molecular formula is C12H10N4S2. The number of fused-ring (bicyclic) bond motifs is 6. The molecular weight excluding hydrogens is 264 g/mol. The van der Waals surface area contributed by atoms with Gasteiger partial charge >= 0.3 is 0 Å². The molecule has 1 aliphatic rings. The van der Waals surface area contributed by atoms with E-state index in [9.17, 15) is 0 Å². The van der Waals surface area contributed by atoms with Crippen LogP contribution in [0.25, 0.3) is 20.2 Å². The molecule has 0 atom stereocenters. The summed E-state index contributed by atoms with van der Waals surface area (Å²) in [4.78, 5) is 0. The van der Waals surface area contributed by atoms with Crippen molar-refractivity contribution in [2.75, 3.05) is 22.1 Å². The van der Waals surface area contributed by atoms with E-state index >= 15 is 0 Å². The highest BCUT2D eigenvalue weighted by Crippen LogP contribution is 2.48. The third kappa shape index (κ3) is 1.19. The third-order valence-electron chi connectivity index (χ3n) is 3.04. The number of hydrogen-bond acceptors (Lipinski definition) is 6. The Kier molecular flexibility index (Phi) is 1.84. The summed E-state index contributed by atoms with van der Waals surface area (Å²) >= 11 is 3.22. The van der Waals surface area contributed by atoms with Crippen molar-refractivity contribution in [3.05, 3.63) is 24.5 Å². The molecule has 6 N–H and O–H groups in total. The Balaban J connectivity index is 2.28. The smallest absolute Gasteiger partial charge is 0.0870 e. The van der Waals surface area contributed by atoms with Gasteiger partial charge in [0.2, 0.25) is 0 Å². The van der Waals surface area contributed by atoms with Gasteiger partial charge in [-0.15, -0.1) is 22.7 Å². The first-order valence-electron chi connectivity index (χ1n) is 5.46. The Bertz CT molecular complexity index is 745. The van der Waals surface area contributed by atoms with E-state index in [1.54, 1.807) is 22.7 Å². The molecule has 0 bridgehead atoms. The predicted molar refractivity (Wildman–Crippen MR) is 82.4 cm³/mol. The van der Waals surface area contributed by atoms with Gasteiger partial charge in [-0.25, -0.2) is 0 Å². The zero-order chi connectivity index (χ0) is 12.3. The molecule has 0 radical (unpaired) electrons. The lowest BCUT2D eigenvalue weighted by atomic mass is 10.1. The molecule has 0 saturated carbocycles. The number of hydrogen-bond donors (Lipinski definition) is 4. The predicted octanol–water partition coefficient (Wildman–Crippen LogP) is 3.59. The van der Waals surface area contributed by atoms with Gasteiger partial charge in [-0.05, 0) is 12.1 Å². The second-order valence-electron chi connectivity index (χ2n) is 4.16. The van der Waals surface area contributed by atoms with E-state index in [1.165, 1.54) is 9.40 Å². The van der Waals surface area contributed by atoms with Gasteiger partial charge in [-0.1, -0.05) is 0 Å². The van der Waals surface area contributed by atoms with E-state index in [0.29, 0.717) is 0 Å². The maximum atomic E-state index is 5.95. The summed E-state index contributed by atoms with van der Waals surface area (Å²) in [5.41, 5.74) is 14.0. The van der Waals surface area contributed by atoms with E-state index in [0.717, 1.165) is 32.1 Å². The molecule has 4 rings (SSSR count). The van der Waals surface area contributed by atoms with Gasteiger partial charge in [-0.2, -0.15) is 0 Å². The van der Waals surface area contributed by atoms with Crippen molar-refractivity contribution >= 4 is 64.2 Å². The number of nitrogen functional groups attached to an aromatic ring is 2. The van der Waals surface area contributed by atoms with Crippen LogP contribution in [0.5, 0.6) is 0 Å². The Morgan fingerprint density at radius 3 is 1.67 bits per heavy atom. The summed E-state index contributed by atoms with van der Waals surface area (Å²) in [7, 11) is 0. The molecule has 0 aliphatic carbocycles. The first-order chi connectivity index (χ1) is 8.74. The molecule has 3 heterocycles. The molecule has 2 aromatic heterocycles. The van der Waals surface area contributed by atoms with E-state index < -0.39 is 0 Å². The molecule has 6 heteroatoms. The van der Waals surface area contributed by atoms with E-state index in [1.807, 2.05) is 24.5 Å². The quantitative estimate of drug-likeness (QED) is 0.505.